The topological polar surface area (TPSA) is 38.7 Å². The van der Waals surface area contributed by atoms with E-state index in [1.54, 1.807) is 0 Å². The molecule has 0 atom stereocenters. The van der Waals surface area contributed by atoms with Crippen LogP contribution in [-0.2, 0) is 19.3 Å². The zero-order valence-electron chi connectivity index (χ0n) is 24.3. The molecule has 204 valence electrons. The smallest absolute Gasteiger partial charge is 0.164 e. The molecule has 4 aromatic rings. The molecule has 0 N–H and O–H groups in total. The standard InChI is InChI=1S/C36H45N3/c1-4-7-10-13-28-16-22-31(23-17-28)34-37-35(32-24-18-29(19-25-32)14-11-8-5-2)39-36(38-34)33-26-20-30(21-27-33)15-12-9-6-3/h16-27H,4-15H2,1-3H3. The van der Waals surface area contributed by atoms with Crippen molar-refractivity contribution in [1.82, 2.24) is 15.0 Å². The van der Waals surface area contributed by atoms with Crippen molar-refractivity contribution in [3.05, 3.63) is 89.5 Å². The molecule has 0 saturated heterocycles. The van der Waals surface area contributed by atoms with E-state index in [1.165, 1.54) is 74.5 Å². The number of benzene rings is 3. The molecule has 3 aromatic carbocycles. The highest BCUT2D eigenvalue weighted by Crippen LogP contribution is 2.26. The zero-order valence-corrected chi connectivity index (χ0v) is 24.3. The molecule has 0 unspecified atom stereocenters. The van der Waals surface area contributed by atoms with Crippen LogP contribution in [0.1, 0.15) is 95.2 Å². The summed E-state index contributed by atoms with van der Waals surface area (Å²) in [7, 11) is 0. The minimum Gasteiger partial charge on any atom is -0.208 e. The van der Waals surface area contributed by atoms with Gasteiger partial charge >= 0.3 is 0 Å². The predicted octanol–water partition coefficient (Wildman–Crippen LogP) is 10.1. The third-order valence-electron chi connectivity index (χ3n) is 7.48. The molecule has 0 aliphatic heterocycles. The van der Waals surface area contributed by atoms with E-state index in [0.717, 1.165) is 53.4 Å². The minimum atomic E-state index is 0.731. The number of aryl methyl sites for hydroxylation is 3. The van der Waals surface area contributed by atoms with E-state index in [9.17, 15) is 0 Å². The van der Waals surface area contributed by atoms with Gasteiger partial charge in [-0.2, -0.15) is 0 Å². The van der Waals surface area contributed by atoms with Crippen molar-refractivity contribution in [3.63, 3.8) is 0 Å². The zero-order chi connectivity index (χ0) is 27.3. The molecule has 4 rings (SSSR count). The van der Waals surface area contributed by atoms with Crippen LogP contribution in [0, 0.1) is 0 Å². The van der Waals surface area contributed by atoms with E-state index >= 15 is 0 Å². The van der Waals surface area contributed by atoms with Gasteiger partial charge in [-0.15, -0.1) is 0 Å². The Kier molecular flexibility index (Phi) is 11.3. The summed E-state index contributed by atoms with van der Waals surface area (Å²) in [5.41, 5.74) is 7.22. The second-order valence-corrected chi connectivity index (χ2v) is 10.8. The lowest BCUT2D eigenvalue weighted by Gasteiger charge is -2.10. The third kappa shape index (κ3) is 8.58. The fourth-order valence-electron chi connectivity index (χ4n) is 4.96. The molecular formula is C36H45N3. The second-order valence-electron chi connectivity index (χ2n) is 10.8. The molecule has 3 nitrogen and oxygen atoms in total. The maximum absolute atomic E-state index is 4.95. The molecule has 3 heteroatoms. The van der Waals surface area contributed by atoms with Gasteiger partial charge in [-0.05, 0) is 55.2 Å². The van der Waals surface area contributed by atoms with Crippen LogP contribution in [-0.4, -0.2) is 15.0 Å². The van der Waals surface area contributed by atoms with E-state index in [4.69, 9.17) is 15.0 Å². The van der Waals surface area contributed by atoms with Gasteiger partial charge in [0.2, 0.25) is 0 Å². The summed E-state index contributed by atoms with van der Waals surface area (Å²) in [6.07, 6.45) is 14.6. The second kappa shape index (κ2) is 15.3. The van der Waals surface area contributed by atoms with Crippen LogP contribution in [0.15, 0.2) is 72.8 Å². The van der Waals surface area contributed by atoms with Gasteiger partial charge in [0.1, 0.15) is 0 Å². The van der Waals surface area contributed by atoms with Crippen molar-refractivity contribution in [3.8, 4) is 34.2 Å². The summed E-state index contributed by atoms with van der Waals surface area (Å²) in [6, 6.07) is 26.3. The lowest BCUT2D eigenvalue weighted by atomic mass is 10.0. The van der Waals surface area contributed by atoms with E-state index in [2.05, 4.69) is 93.6 Å². The van der Waals surface area contributed by atoms with Gasteiger partial charge in [0.25, 0.3) is 0 Å². The molecule has 0 fully saturated rings. The van der Waals surface area contributed by atoms with E-state index in [1.807, 2.05) is 0 Å². The van der Waals surface area contributed by atoms with Crippen molar-refractivity contribution >= 4 is 0 Å². The van der Waals surface area contributed by atoms with E-state index in [-0.39, 0.29) is 0 Å². The van der Waals surface area contributed by atoms with Crippen molar-refractivity contribution in [2.45, 2.75) is 97.8 Å². The maximum Gasteiger partial charge on any atom is 0.164 e. The molecule has 0 bridgehead atoms. The van der Waals surface area contributed by atoms with Gasteiger partial charge in [0.15, 0.2) is 17.5 Å². The number of unbranched alkanes of at least 4 members (excludes halogenated alkanes) is 6. The van der Waals surface area contributed by atoms with Crippen molar-refractivity contribution in [1.29, 1.82) is 0 Å². The Balaban J connectivity index is 1.64. The van der Waals surface area contributed by atoms with Crippen LogP contribution in [0.2, 0.25) is 0 Å². The van der Waals surface area contributed by atoms with Crippen LogP contribution >= 0.6 is 0 Å². The van der Waals surface area contributed by atoms with Crippen LogP contribution in [0.5, 0.6) is 0 Å². The largest absolute Gasteiger partial charge is 0.208 e. The summed E-state index contributed by atoms with van der Waals surface area (Å²) in [5, 5.41) is 0. The lowest BCUT2D eigenvalue weighted by molar-refractivity contribution is 0.717. The van der Waals surface area contributed by atoms with Crippen LogP contribution in [0.3, 0.4) is 0 Å². The summed E-state index contributed by atoms with van der Waals surface area (Å²) < 4.78 is 0. The van der Waals surface area contributed by atoms with Gasteiger partial charge < -0.3 is 0 Å². The summed E-state index contributed by atoms with van der Waals surface area (Å²) in [4.78, 5) is 14.9. The van der Waals surface area contributed by atoms with Crippen molar-refractivity contribution in [2.75, 3.05) is 0 Å². The summed E-state index contributed by atoms with van der Waals surface area (Å²) >= 11 is 0. The average Bonchev–Trinajstić information content (AvgIpc) is 2.98. The Hall–Kier alpha value is -3.33. The number of nitrogens with zero attached hydrogens (tertiary/aromatic N) is 3. The number of hydrogen-bond donors (Lipinski definition) is 0. The monoisotopic (exact) mass is 519 g/mol. The third-order valence-corrected chi connectivity index (χ3v) is 7.48. The number of aromatic nitrogens is 3. The summed E-state index contributed by atoms with van der Waals surface area (Å²) in [5.74, 6) is 2.19. The molecule has 0 aliphatic carbocycles. The first kappa shape index (κ1) is 28.7. The van der Waals surface area contributed by atoms with E-state index < -0.39 is 0 Å². The SMILES string of the molecule is CCCCCc1ccc(-c2nc(-c3ccc(CCCCC)cc3)nc(-c3ccc(CCCCC)cc3)n2)cc1. The van der Waals surface area contributed by atoms with Crippen LogP contribution in [0.4, 0.5) is 0 Å². The number of rotatable bonds is 15. The Labute approximate surface area is 236 Å². The molecule has 0 amide bonds. The molecule has 0 saturated carbocycles. The highest BCUT2D eigenvalue weighted by atomic mass is 15.0. The molecule has 39 heavy (non-hydrogen) atoms. The Morgan fingerprint density at radius 1 is 0.359 bits per heavy atom. The molecule has 0 spiro atoms. The molecular weight excluding hydrogens is 474 g/mol. The van der Waals surface area contributed by atoms with Crippen molar-refractivity contribution in [2.24, 2.45) is 0 Å². The average molecular weight is 520 g/mol. The first-order chi connectivity index (χ1) is 19.2. The first-order valence-corrected chi connectivity index (χ1v) is 15.2. The van der Waals surface area contributed by atoms with Crippen LogP contribution < -0.4 is 0 Å². The fraction of sp³-hybridized carbons (Fsp3) is 0.417. The highest BCUT2D eigenvalue weighted by Gasteiger charge is 2.13. The van der Waals surface area contributed by atoms with Crippen LogP contribution in [0.25, 0.3) is 34.2 Å². The van der Waals surface area contributed by atoms with E-state index in [0.29, 0.717) is 0 Å². The highest BCUT2D eigenvalue weighted by molar-refractivity contribution is 5.66. The lowest BCUT2D eigenvalue weighted by Crippen LogP contribution is -2.00. The predicted molar refractivity (Wildman–Crippen MR) is 166 cm³/mol. The van der Waals surface area contributed by atoms with Gasteiger partial charge in [-0.25, -0.2) is 15.0 Å². The normalized spacial score (nSPS) is 11.2. The van der Waals surface area contributed by atoms with Gasteiger partial charge in [-0.1, -0.05) is 132 Å². The quantitative estimate of drug-likeness (QED) is 0.147. The maximum atomic E-state index is 4.95. The molecule has 0 aliphatic rings. The van der Waals surface area contributed by atoms with Gasteiger partial charge in [0.05, 0.1) is 0 Å². The Bertz CT molecular complexity index is 1090. The van der Waals surface area contributed by atoms with Crippen molar-refractivity contribution < 1.29 is 0 Å². The summed E-state index contributed by atoms with van der Waals surface area (Å²) in [6.45, 7) is 6.75. The van der Waals surface area contributed by atoms with Gasteiger partial charge in [0, 0.05) is 16.7 Å². The van der Waals surface area contributed by atoms with Gasteiger partial charge in [-0.3, -0.25) is 0 Å². The Morgan fingerprint density at radius 3 is 0.846 bits per heavy atom. The molecule has 0 radical (unpaired) electrons. The fourth-order valence-corrected chi connectivity index (χ4v) is 4.96. The Morgan fingerprint density at radius 2 is 0.615 bits per heavy atom. The first-order valence-electron chi connectivity index (χ1n) is 15.2. The minimum absolute atomic E-state index is 0.731. The molecule has 1 heterocycles. The molecule has 1 aromatic heterocycles. The number of hydrogen-bond acceptors (Lipinski definition) is 3.